The number of hydrogen-bond acceptors (Lipinski definition) is 6. The maximum Gasteiger partial charge on any atom is 0.276 e. The van der Waals surface area contributed by atoms with Gasteiger partial charge in [-0.25, -0.2) is 0 Å². The summed E-state index contributed by atoms with van der Waals surface area (Å²) in [5, 5.41) is 12.0. The zero-order valence-corrected chi connectivity index (χ0v) is 16.3. The summed E-state index contributed by atoms with van der Waals surface area (Å²) in [4.78, 5) is 13.2. The standard InChI is InChI=1S/C18H16ClN3O2S2/c1-25-15-8-3-2-7-14(15)20-16(23)9-10-26-18-22-21-17(24-18)12-5-4-6-13(19)11-12/h2-8,11H,9-10H2,1H3,(H,20,23). The number of hydrogen-bond donors (Lipinski definition) is 1. The Balaban J connectivity index is 1.51. The molecule has 0 spiro atoms. The first-order chi connectivity index (χ1) is 12.7. The van der Waals surface area contributed by atoms with E-state index in [9.17, 15) is 4.79 Å². The van der Waals surface area contributed by atoms with Gasteiger partial charge in [-0.1, -0.05) is 41.6 Å². The highest BCUT2D eigenvalue weighted by Gasteiger charge is 2.11. The molecule has 0 aliphatic carbocycles. The Labute approximate surface area is 164 Å². The van der Waals surface area contributed by atoms with Crippen molar-refractivity contribution in [2.75, 3.05) is 17.3 Å². The minimum Gasteiger partial charge on any atom is -0.411 e. The molecule has 26 heavy (non-hydrogen) atoms. The quantitative estimate of drug-likeness (QED) is 0.542. The second-order valence-corrected chi connectivity index (χ2v) is 7.56. The fraction of sp³-hybridized carbons (Fsp3) is 0.167. The van der Waals surface area contributed by atoms with Crippen molar-refractivity contribution >= 4 is 46.7 Å². The van der Waals surface area contributed by atoms with Crippen molar-refractivity contribution in [3.8, 4) is 11.5 Å². The van der Waals surface area contributed by atoms with E-state index in [2.05, 4.69) is 15.5 Å². The highest BCUT2D eigenvalue weighted by atomic mass is 35.5. The molecule has 0 atom stereocenters. The van der Waals surface area contributed by atoms with Gasteiger partial charge in [0.1, 0.15) is 0 Å². The van der Waals surface area contributed by atoms with Gasteiger partial charge in [0.15, 0.2) is 0 Å². The van der Waals surface area contributed by atoms with Crippen LogP contribution in [0.1, 0.15) is 6.42 Å². The van der Waals surface area contributed by atoms with E-state index in [-0.39, 0.29) is 5.91 Å². The van der Waals surface area contributed by atoms with Crippen LogP contribution in [0.4, 0.5) is 5.69 Å². The molecule has 0 fully saturated rings. The van der Waals surface area contributed by atoms with Crippen molar-refractivity contribution < 1.29 is 9.21 Å². The number of thioether (sulfide) groups is 2. The summed E-state index contributed by atoms with van der Waals surface area (Å²) in [5.74, 6) is 0.909. The van der Waals surface area contributed by atoms with Crippen LogP contribution in [0.3, 0.4) is 0 Å². The summed E-state index contributed by atoms with van der Waals surface area (Å²) >= 11 is 8.91. The Morgan fingerprint density at radius 1 is 1.19 bits per heavy atom. The SMILES string of the molecule is CSc1ccccc1NC(=O)CCSc1nnc(-c2cccc(Cl)c2)o1. The molecule has 0 radical (unpaired) electrons. The molecule has 5 nitrogen and oxygen atoms in total. The topological polar surface area (TPSA) is 68.0 Å². The van der Waals surface area contributed by atoms with Gasteiger partial charge in [-0.05, 0) is 36.6 Å². The van der Waals surface area contributed by atoms with Gasteiger partial charge in [0, 0.05) is 27.7 Å². The molecular formula is C18H16ClN3O2S2. The average Bonchev–Trinajstić information content (AvgIpc) is 3.11. The summed E-state index contributed by atoms with van der Waals surface area (Å²) in [6.45, 7) is 0. The van der Waals surface area contributed by atoms with Crippen molar-refractivity contribution in [2.45, 2.75) is 16.5 Å². The van der Waals surface area contributed by atoms with E-state index in [1.165, 1.54) is 11.8 Å². The van der Waals surface area contributed by atoms with Crippen molar-refractivity contribution in [3.05, 3.63) is 53.6 Å². The third-order valence-electron chi connectivity index (χ3n) is 3.41. The van der Waals surface area contributed by atoms with Crippen molar-refractivity contribution in [2.24, 2.45) is 0 Å². The highest BCUT2D eigenvalue weighted by Crippen LogP contribution is 2.26. The van der Waals surface area contributed by atoms with Crippen molar-refractivity contribution in [1.29, 1.82) is 0 Å². The van der Waals surface area contributed by atoms with Crippen molar-refractivity contribution in [3.63, 3.8) is 0 Å². The normalized spacial score (nSPS) is 10.7. The zero-order chi connectivity index (χ0) is 18.4. The minimum atomic E-state index is -0.0476. The van der Waals surface area contributed by atoms with Gasteiger partial charge < -0.3 is 9.73 Å². The number of benzene rings is 2. The molecule has 1 aromatic heterocycles. The molecule has 0 aliphatic rings. The Morgan fingerprint density at radius 3 is 2.85 bits per heavy atom. The molecular weight excluding hydrogens is 390 g/mol. The zero-order valence-electron chi connectivity index (χ0n) is 13.9. The monoisotopic (exact) mass is 405 g/mol. The Morgan fingerprint density at radius 2 is 2.04 bits per heavy atom. The molecule has 0 saturated carbocycles. The predicted molar refractivity (Wildman–Crippen MR) is 107 cm³/mol. The molecule has 3 aromatic rings. The lowest BCUT2D eigenvalue weighted by atomic mass is 10.2. The lowest BCUT2D eigenvalue weighted by molar-refractivity contribution is -0.115. The predicted octanol–water partition coefficient (Wildman–Crippen LogP) is 5.23. The smallest absolute Gasteiger partial charge is 0.276 e. The van der Waals surface area contributed by atoms with E-state index in [1.807, 2.05) is 42.7 Å². The summed E-state index contributed by atoms with van der Waals surface area (Å²) in [5.41, 5.74) is 1.60. The maximum absolute atomic E-state index is 12.1. The van der Waals surface area contributed by atoms with E-state index < -0.39 is 0 Å². The molecule has 0 bridgehead atoms. The molecule has 0 aliphatic heterocycles. The van der Waals surface area contributed by atoms with Gasteiger partial charge in [0.05, 0.1) is 5.69 Å². The number of halogens is 1. The van der Waals surface area contributed by atoms with E-state index in [4.69, 9.17) is 16.0 Å². The van der Waals surface area contributed by atoms with Crippen LogP contribution in [0.5, 0.6) is 0 Å². The third-order valence-corrected chi connectivity index (χ3v) is 5.26. The Hall–Kier alpha value is -1.96. The number of carbonyl (C=O) groups excluding carboxylic acids is 1. The second kappa shape index (κ2) is 9.12. The number of carbonyl (C=O) groups is 1. The first-order valence-electron chi connectivity index (χ1n) is 7.81. The van der Waals surface area contributed by atoms with Crippen LogP contribution in [0.15, 0.2) is 63.1 Å². The summed E-state index contributed by atoms with van der Waals surface area (Å²) in [6.07, 6.45) is 2.33. The fourth-order valence-electron chi connectivity index (χ4n) is 2.20. The summed E-state index contributed by atoms with van der Waals surface area (Å²) < 4.78 is 5.61. The van der Waals surface area contributed by atoms with Crippen LogP contribution in [-0.4, -0.2) is 28.1 Å². The lowest BCUT2D eigenvalue weighted by Gasteiger charge is -2.08. The number of aromatic nitrogens is 2. The van der Waals surface area contributed by atoms with Gasteiger partial charge >= 0.3 is 0 Å². The van der Waals surface area contributed by atoms with Crippen LogP contribution >= 0.6 is 35.1 Å². The van der Waals surface area contributed by atoms with Crippen LogP contribution in [0, 0.1) is 0 Å². The summed E-state index contributed by atoms with van der Waals surface area (Å²) in [7, 11) is 0. The fourth-order valence-corrected chi connectivity index (χ4v) is 3.64. The first kappa shape index (κ1) is 18.8. The number of nitrogens with one attached hydrogen (secondary N) is 1. The van der Waals surface area contributed by atoms with E-state index >= 15 is 0 Å². The maximum atomic E-state index is 12.1. The van der Waals surface area contributed by atoms with Gasteiger partial charge in [0.25, 0.3) is 5.22 Å². The summed E-state index contributed by atoms with van der Waals surface area (Å²) in [6, 6.07) is 14.9. The highest BCUT2D eigenvalue weighted by molar-refractivity contribution is 7.99. The third kappa shape index (κ3) is 5.03. The average molecular weight is 406 g/mol. The van der Waals surface area contributed by atoms with Gasteiger partial charge in [-0.2, -0.15) is 0 Å². The van der Waals surface area contributed by atoms with E-state index in [1.54, 1.807) is 23.9 Å². The molecule has 0 saturated heterocycles. The van der Waals surface area contributed by atoms with E-state index in [0.29, 0.717) is 28.3 Å². The molecule has 1 amide bonds. The number of anilines is 1. The lowest BCUT2D eigenvalue weighted by Crippen LogP contribution is -2.12. The van der Waals surface area contributed by atoms with E-state index in [0.717, 1.165) is 16.1 Å². The molecule has 134 valence electrons. The number of nitrogens with zero attached hydrogens (tertiary/aromatic N) is 2. The largest absolute Gasteiger partial charge is 0.411 e. The van der Waals surface area contributed by atoms with Crippen LogP contribution in [0.2, 0.25) is 5.02 Å². The Bertz CT molecular complexity index is 901. The molecule has 3 rings (SSSR count). The second-order valence-electron chi connectivity index (χ2n) is 5.23. The number of para-hydroxylation sites is 1. The molecule has 2 aromatic carbocycles. The van der Waals surface area contributed by atoms with Gasteiger partial charge in [-0.15, -0.1) is 22.0 Å². The molecule has 1 heterocycles. The molecule has 8 heteroatoms. The molecule has 0 unspecified atom stereocenters. The van der Waals surface area contributed by atoms with Crippen LogP contribution in [0.25, 0.3) is 11.5 Å². The first-order valence-corrected chi connectivity index (χ1v) is 10.4. The minimum absolute atomic E-state index is 0.0476. The number of rotatable bonds is 7. The van der Waals surface area contributed by atoms with Crippen LogP contribution in [-0.2, 0) is 4.79 Å². The van der Waals surface area contributed by atoms with Gasteiger partial charge in [-0.3, -0.25) is 4.79 Å². The van der Waals surface area contributed by atoms with Crippen LogP contribution < -0.4 is 5.32 Å². The van der Waals surface area contributed by atoms with Gasteiger partial charge in [0.2, 0.25) is 11.8 Å². The molecule has 1 N–H and O–H groups in total. The van der Waals surface area contributed by atoms with Crippen molar-refractivity contribution in [1.82, 2.24) is 10.2 Å². The number of amides is 1. The Kier molecular flexibility index (Phi) is 6.60.